The molecule has 0 aliphatic rings. The molecule has 2 unspecified atom stereocenters. The Balaban J connectivity index is 2.56. The van der Waals surface area contributed by atoms with Crippen molar-refractivity contribution < 1.29 is 29.0 Å². The van der Waals surface area contributed by atoms with Gasteiger partial charge in [-0.1, -0.05) is 30.3 Å². The summed E-state index contributed by atoms with van der Waals surface area (Å²) in [6.07, 6.45) is -0.171. The SMILES string of the molecule is CC(C)(C)OC(=O)NCC(O)NCC(=O)NC(Cc1ccccc1)C(=O)NCC(=O)NCCCCN. The minimum atomic E-state index is -1.22. The van der Waals surface area contributed by atoms with Crippen LogP contribution in [-0.2, 0) is 25.5 Å². The first-order valence-electron chi connectivity index (χ1n) is 12.0. The van der Waals surface area contributed by atoms with Crippen LogP contribution in [0.2, 0.25) is 0 Å². The highest BCUT2D eigenvalue weighted by Crippen LogP contribution is 2.06. The smallest absolute Gasteiger partial charge is 0.407 e. The molecule has 0 heterocycles. The summed E-state index contributed by atoms with van der Waals surface area (Å²) in [7, 11) is 0. The van der Waals surface area contributed by atoms with Gasteiger partial charge in [0.05, 0.1) is 19.6 Å². The van der Waals surface area contributed by atoms with Gasteiger partial charge in [0.2, 0.25) is 17.7 Å². The summed E-state index contributed by atoms with van der Waals surface area (Å²) in [6.45, 7) is 5.42. The molecule has 0 bridgehead atoms. The van der Waals surface area contributed by atoms with Crippen LogP contribution in [0.25, 0.3) is 0 Å². The van der Waals surface area contributed by atoms with Crippen LogP contribution in [0.15, 0.2) is 30.3 Å². The number of hydrogen-bond acceptors (Lipinski definition) is 8. The van der Waals surface area contributed by atoms with Crippen LogP contribution in [0.3, 0.4) is 0 Å². The molecule has 0 radical (unpaired) electrons. The van der Waals surface area contributed by atoms with Crippen LogP contribution in [0.5, 0.6) is 0 Å². The summed E-state index contributed by atoms with van der Waals surface area (Å²) in [5.74, 6) is -1.41. The van der Waals surface area contributed by atoms with Crippen molar-refractivity contribution in [3.63, 3.8) is 0 Å². The lowest BCUT2D eigenvalue weighted by atomic mass is 10.1. The molecule has 0 aromatic heterocycles. The number of benzene rings is 1. The first-order valence-corrected chi connectivity index (χ1v) is 12.0. The molecule has 1 aromatic rings. The zero-order valence-electron chi connectivity index (χ0n) is 21.3. The average molecular weight is 509 g/mol. The fourth-order valence-corrected chi connectivity index (χ4v) is 2.93. The zero-order valence-corrected chi connectivity index (χ0v) is 21.3. The van der Waals surface area contributed by atoms with E-state index in [0.29, 0.717) is 13.1 Å². The lowest BCUT2D eigenvalue weighted by Crippen LogP contribution is -2.53. The third-order valence-electron chi connectivity index (χ3n) is 4.65. The molecule has 1 rings (SSSR count). The van der Waals surface area contributed by atoms with E-state index in [-0.39, 0.29) is 32.0 Å². The minimum Gasteiger partial charge on any atom is -0.444 e. The second-order valence-electron chi connectivity index (χ2n) is 9.15. The molecule has 0 aliphatic heterocycles. The molecule has 0 saturated carbocycles. The van der Waals surface area contributed by atoms with Crippen molar-refractivity contribution >= 4 is 23.8 Å². The van der Waals surface area contributed by atoms with Crippen LogP contribution in [0, 0.1) is 0 Å². The Bertz CT molecular complexity index is 830. The topological polar surface area (TPSA) is 184 Å². The van der Waals surface area contributed by atoms with Gasteiger partial charge < -0.3 is 36.8 Å². The molecular weight excluding hydrogens is 468 g/mol. The first-order chi connectivity index (χ1) is 17.0. The maximum absolute atomic E-state index is 12.7. The molecule has 0 saturated heterocycles. The number of amides is 4. The lowest BCUT2D eigenvalue weighted by molar-refractivity contribution is -0.130. The van der Waals surface area contributed by atoms with Crippen LogP contribution < -0.4 is 32.3 Å². The number of unbranched alkanes of at least 4 members (excludes halogenated alkanes) is 1. The predicted octanol–water partition coefficient (Wildman–Crippen LogP) is -0.882. The Morgan fingerprint density at radius 2 is 1.67 bits per heavy atom. The first kappa shape index (κ1) is 30.8. The highest BCUT2D eigenvalue weighted by atomic mass is 16.6. The van der Waals surface area contributed by atoms with Gasteiger partial charge in [-0.25, -0.2) is 4.79 Å². The van der Waals surface area contributed by atoms with Gasteiger partial charge in [-0.2, -0.15) is 0 Å². The van der Waals surface area contributed by atoms with Gasteiger partial charge >= 0.3 is 6.09 Å². The third-order valence-corrected chi connectivity index (χ3v) is 4.65. The molecule has 12 nitrogen and oxygen atoms in total. The average Bonchev–Trinajstić information content (AvgIpc) is 2.81. The van der Waals surface area contributed by atoms with Crippen LogP contribution in [0.1, 0.15) is 39.2 Å². The molecule has 0 spiro atoms. The summed E-state index contributed by atoms with van der Waals surface area (Å²) in [5, 5.41) is 22.8. The maximum atomic E-state index is 12.7. The number of nitrogens with one attached hydrogen (secondary N) is 5. The fourth-order valence-electron chi connectivity index (χ4n) is 2.93. The molecule has 0 fully saturated rings. The van der Waals surface area contributed by atoms with Crippen LogP contribution in [-0.4, -0.2) is 79.5 Å². The monoisotopic (exact) mass is 508 g/mol. The van der Waals surface area contributed by atoms with E-state index in [1.165, 1.54) is 0 Å². The summed E-state index contributed by atoms with van der Waals surface area (Å²) in [6, 6.07) is 8.17. The van der Waals surface area contributed by atoms with Crippen molar-refractivity contribution in [1.29, 1.82) is 0 Å². The van der Waals surface area contributed by atoms with Crippen LogP contribution in [0.4, 0.5) is 4.79 Å². The molecule has 4 amide bonds. The second-order valence-corrected chi connectivity index (χ2v) is 9.15. The molecule has 8 N–H and O–H groups in total. The van der Waals surface area contributed by atoms with Crippen molar-refractivity contribution in [2.75, 3.05) is 32.7 Å². The molecule has 1 aromatic carbocycles. The summed E-state index contributed by atoms with van der Waals surface area (Å²) < 4.78 is 5.08. The molecule has 2 atom stereocenters. The second kappa shape index (κ2) is 16.5. The van der Waals surface area contributed by atoms with Gasteiger partial charge in [-0.3, -0.25) is 19.7 Å². The Hall–Kier alpha value is -3.22. The highest BCUT2D eigenvalue weighted by molar-refractivity contribution is 5.91. The van der Waals surface area contributed by atoms with Gasteiger partial charge in [0.25, 0.3) is 0 Å². The van der Waals surface area contributed by atoms with Crippen molar-refractivity contribution in [3.05, 3.63) is 35.9 Å². The van der Waals surface area contributed by atoms with Crippen molar-refractivity contribution in [2.24, 2.45) is 5.73 Å². The third kappa shape index (κ3) is 14.9. The molecule has 0 aliphatic carbocycles. The minimum absolute atomic E-state index is 0.184. The Kier molecular flexibility index (Phi) is 14.1. The van der Waals surface area contributed by atoms with Gasteiger partial charge in [-0.05, 0) is 45.7 Å². The number of alkyl carbamates (subject to hydrolysis) is 1. The highest BCUT2D eigenvalue weighted by Gasteiger charge is 2.22. The normalized spacial score (nSPS) is 12.7. The number of hydrogen-bond donors (Lipinski definition) is 7. The van der Waals surface area contributed by atoms with Crippen LogP contribution >= 0.6 is 0 Å². The van der Waals surface area contributed by atoms with Gasteiger partial charge in [0.1, 0.15) is 17.9 Å². The number of aliphatic hydroxyl groups is 1. The largest absolute Gasteiger partial charge is 0.444 e. The molecular formula is C24H40N6O6. The maximum Gasteiger partial charge on any atom is 0.407 e. The predicted molar refractivity (Wildman–Crippen MR) is 135 cm³/mol. The van der Waals surface area contributed by atoms with Crippen molar-refractivity contribution in [1.82, 2.24) is 26.6 Å². The Morgan fingerprint density at radius 1 is 0.972 bits per heavy atom. The van der Waals surface area contributed by atoms with E-state index in [1.807, 2.05) is 30.3 Å². The van der Waals surface area contributed by atoms with E-state index in [0.717, 1.165) is 18.4 Å². The number of carbonyl (C=O) groups is 4. The Morgan fingerprint density at radius 3 is 2.31 bits per heavy atom. The molecule has 36 heavy (non-hydrogen) atoms. The van der Waals surface area contributed by atoms with E-state index in [1.54, 1.807) is 20.8 Å². The zero-order chi connectivity index (χ0) is 27.0. The lowest BCUT2D eigenvalue weighted by Gasteiger charge is -2.21. The standard InChI is InChI=1S/C24H40N6O6/c1-24(2,3)36-23(35)29-15-20(32)27-16-21(33)30-18(13-17-9-5-4-6-10-17)22(34)28-14-19(31)26-12-8-7-11-25/h4-6,9-10,18,20,27,32H,7-8,11-16,25H2,1-3H3,(H,26,31)(H,28,34)(H,29,35)(H,30,33). The van der Waals surface area contributed by atoms with Gasteiger partial charge in [-0.15, -0.1) is 0 Å². The van der Waals surface area contributed by atoms with Gasteiger partial charge in [0.15, 0.2) is 0 Å². The molecule has 12 heteroatoms. The van der Waals surface area contributed by atoms with E-state index in [2.05, 4.69) is 26.6 Å². The summed E-state index contributed by atoms with van der Waals surface area (Å²) in [4.78, 5) is 48.8. The molecule has 202 valence electrons. The number of carbonyl (C=O) groups excluding carboxylic acids is 4. The van der Waals surface area contributed by atoms with E-state index >= 15 is 0 Å². The number of nitrogens with two attached hydrogens (primary N) is 1. The van der Waals surface area contributed by atoms with Gasteiger partial charge in [0, 0.05) is 13.0 Å². The van der Waals surface area contributed by atoms with Crippen molar-refractivity contribution in [2.45, 2.75) is 57.9 Å². The quantitative estimate of drug-likeness (QED) is 0.118. The Labute approximate surface area is 212 Å². The van der Waals surface area contributed by atoms with Crippen molar-refractivity contribution in [3.8, 4) is 0 Å². The fraction of sp³-hybridized carbons (Fsp3) is 0.583. The summed E-state index contributed by atoms with van der Waals surface area (Å²) in [5.41, 5.74) is 5.56. The number of ether oxygens (including phenoxy) is 1. The number of rotatable bonds is 15. The number of aliphatic hydroxyl groups excluding tert-OH is 1. The van der Waals surface area contributed by atoms with E-state index in [4.69, 9.17) is 10.5 Å². The van der Waals surface area contributed by atoms with E-state index < -0.39 is 35.8 Å². The summed E-state index contributed by atoms with van der Waals surface area (Å²) >= 11 is 0. The van der Waals surface area contributed by atoms with E-state index in [9.17, 15) is 24.3 Å².